The van der Waals surface area contributed by atoms with Crippen LogP contribution in [0.2, 0.25) is 0 Å². The molecule has 0 aliphatic carbocycles. The Labute approximate surface area is 126 Å². The smallest absolute Gasteiger partial charge is 0.273 e. The summed E-state index contributed by atoms with van der Waals surface area (Å²) in [6.07, 6.45) is 3.04. The summed E-state index contributed by atoms with van der Waals surface area (Å²) in [6.45, 7) is 0. The number of para-hydroxylation sites is 1. The number of nitrogens with one attached hydrogen (secondary N) is 1. The van der Waals surface area contributed by atoms with Crippen molar-refractivity contribution in [1.82, 2.24) is 9.99 Å². The van der Waals surface area contributed by atoms with Gasteiger partial charge in [-0.2, -0.15) is 5.10 Å². The zero-order valence-corrected chi connectivity index (χ0v) is 12.0. The quantitative estimate of drug-likeness (QED) is 0.586. The molecule has 0 aliphatic heterocycles. The zero-order chi connectivity index (χ0) is 15.5. The Morgan fingerprint density at radius 3 is 2.73 bits per heavy atom. The molecule has 1 N–H and O–H groups in total. The van der Waals surface area contributed by atoms with Gasteiger partial charge in [0, 0.05) is 29.7 Å². The molecule has 3 rings (SSSR count). The fourth-order valence-electron chi connectivity index (χ4n) is 2.32. The molecule has 2 aromatic carbocycles. The van der Waals surface area contributed by atoms with E-state index in [1.165, 1.54) is 12.3 Å². The molecule has 0 fully saturated rings. The maximum Gasteiger partial charge on any atom is 0.273 e. The van der Waals surface area contributed by atoms with Gasteiger partial charge in [0.2, 0.25) is 0 Å². The van der Waals surface area contributed by atoms with Gasteiger partial charge < -0.3 is 4.57 Å². The van der Waals surface area contributed by atoms with Crippen molar-refractivity contribution < 1.29 is 9.18 Å². The monoisotopic (exact) mass is 295 g/mol. The summed E-state index contributed by atoms with van der Waals surface area (Å²) in [5.41, 5.74) is 4.25. The van der Waals surface area contributed by atoms with Gasteiger partial charge in [0.1, 0.15) is 5.82 Å². The fraction of sp³-hybridized carbons (Fsp3) is 0.0588. The first-order valence-corrected chi connectivity index (χ1v) is 6.79. The predicted molar refractivity (Wildman–Crippen MR) is 84.4 cm³/mol. The number of hydrogen-bond donors (Lipinski definition) is 1. The topological polar surface area (TPSA) is 46.4 Å². The van der Waals surface area contributed by atoms with Crippen molar-refractivity contribution >= 4 is 23.0 Å². The maximum absolute atomic E-state index is 13.4. The van der Waals surface area contributed by atoms with E-state index in [-0.39, 0.29) is 11.7 Å². The van der Waals surface area contributed by atoms with E-state index in [9.17, 15) is 9.18 Å². The third-order valence-corrected chi connectivity index (χ3v) is 3.42. The first-order valence-electron chi connectivity index (χ1n) is 6.79. The predicted octanol–water partition coefficient (Wildman–Crippen LogP) is 3.08. The van der Waals surface area contributed by atoms with Gasteiger partial charge in [0.15, 0.2) is 0 Å². The Bertz CT molecular complexity index is 867. The third-order valence-electron chi connectivity index (χ3n) is 3.42. The molecule has 0 radical (unpaired) electrons. The second kappa shape index (κ2) is 5.81. The molecule has 1 amide bonds. The molecule has 4 nitrogen and oxygen atoms in total. The minimum atomic E-state index is -0.384. The number of aromatic nitrogens is 1. The molecule has 0 atom stereocenters. The van der Waals surface area contributed by atoms with Gasteiger partial charge in [-0.1, -0.05) is 36.4 Å². The number of carbonyl (C=O) groups is 1. The number of hydrazone groups is 1. The Morgan fingerprint density at radius 1 is 1.18 bits per heavy atom. The van der Waals surface area contributed by atoms with Gasteiger partial charge in [-0.05, 0) is 12.1 Å². The number of fused-ring (bicyclic) bond motifs is 1. The van der Waals surface area contributed by atoms with E-state index < -0.39 is 0 Å². The van der Waals surface area contributed by atoms with Gasteiger partial charge in [-0.25, -0.2) is 9.82 Å². The molecule has 110 valence electrons. The van der Waals surface area contributed by atoms with E-state index in [0.29, 0.717) is 11.1 Å². The fourth-order valence-corrected chi connectivity index (χ4v) is 2.32. The highest BCUT2D eigenvalue weighted by Gasteiger charge is 2.12. The number of nitrogens with zero attached hydrogens (tertiary/aromatic N) is 2. The summed E-state index contributed by atoms with van der Waals surface area (Å²) in [6, 6.07) is 13.8. The van der Waals surface area contributed by atoms with E-state index in [0.717, 1.165) is 10.9 Å². The molecular weight excluding hydrogens is 281 g/mol. The average molecular weight is 295 g/mol. The van der Waals surface area contributed by atoms with E-state index in [2.05, 4.69) is 10.5 Å². The van der Waals surface area contributed by atoms with Gasteiger partial charge >= 0.3 is 0 Å². The van der Waals surface area contributed by atoms with Crippen LogP contribution >= 0.6 is 0 Å². The van der Waals surface area contributed by atoms with Crippen LogP contribution in [0.1, 0.15) is 15.9 Å². The van der Waals surface area contributed by atoms with Crippen molar-refractivity contribution in [3.05, 3.63) is 71.7 Å². The number of aryl methyl sites for hydroxylation is 1. The van der Waals surface area contributed by atoms with Gasteiger partial charge in [0.05, 0.1) is 11.8 Å². The van der Waals surface area contributed by atoms with Crippen LogP contribution in [0.5, 0.6) is 0 Å². The van der Waals surface area contributed by atoms with Crippen LogP contribution in [-0.2, 0) is 7.05 Å². The van der Waals surface area contributed by atoms with Crippen LogP contribution in [0.15, 0.2) is 59.8 Å². The standard InChI is InChI=1S/C17H14FN3O/c1-21-11-14(13-7-3-5-9-16(13)21)17(22)20-19-10-12-6-2-4-8-15(12)18/h2-11H,1H3,(H,20,22). The van der Waals surface area contributed by atoms with Crippen LogP contribution in [0, 0.1) is 5.82 Å². The molecule has 5 heteroatoms. The van der Waals surface area contributed by atoms with Crippen molar-refractivity contribution in [1.29, 1.82) is 0 Å². The van der Waals surface area contributed by atoms with E-state index in [1.807, 2.05) is 35.9 Å². The molecule has 1 heterocycles. The molecule has 1 aromatic heterocycles. The minimum absolute atomic E-state index is 0.320. The summed E-state index contributed by atoms with van der Waals surface area (Å²) < 4.78 is 15.3. The van der Waals surface area contributed by atoms with Gasteiger partial charge in [-0.15, -0.1) is 0 Å². The van der Waals surface area contributed by atoms with Gasteiger partial charge in [0.25, 0.3) is 5.91 Å². The van der Waals surface area contributed by atoms with E-state index in [4.69, 9.17) is 0 Å². The number of amides is 1. The SMILES string of the molecule is Cn1cc(C(=O)NN=Cc2ccccc2F)c2ccccc21. The molecule has 0 unspecified atom stereocenters. The van der Waals surface area contributed by atoms with Crippen LogP contribution in [0.25, 0.3) is 10.9 Å². The number of hydrogen-bond acceptors (Lipinski definition) is 2. The van der Waals surface area contributed by atoms with Crippen molar-refractivity contribution in [2.24, 2.45) is 12.1 Å². The summed E-state index contributed by atoms with van der Waals surface area (Å²) in [5.74, 6) is -0.713. The number of rotatable bonds is 3. The van der Waals surface area contributed by atoms with Crippen LogP contribution in [0.4, 0.5) is 4.39 Å². The molecular formula is C17H14FN3O. The minimum Gasteiger partial charge on any atom is -0.350 e. The molecule has 0 saturated heterocycles. The number of benzene rings is 2. The Hall–Kier alpha value is -2.95. The summed E-state index contributed by atoms with van der Waals surface area (Å²) in [7, 11) is 1.88. The Morgan fingerprint density at radius 2 is 1.91 bits per heavy atom. The van der Waals surface area contributed by atoms with Crippen molar-refractivity contribution in [3.8, 4) is 0 Å². The first kappa shape index (κ1) is 14.0. The highest BCUT2D eigenvalue weighted by molar-refractivity contribution is 6.07. The third kappa shape index (κ3) is 2.61. The van der Waals surface area contributed by atoms with Crippen LogP contribution in [0.3, 0.4) is 0 Å². The summed E-state index contributed by atoms with van der Waals surface area (Å²) in [5, 5.41) is 4.67. The van der Waals surface area contributed by atoms with E-state index in [1.54, 1.807) is 24.4 Å². The van der Waals surface area contributed by atoms with Crippen LogP contribution < -0.4 is 5.43 Å². The molecule has 3 aromatic rings. The lowest BCUT2D eigenvalue weighted by Gasteiger charge is -1.98. The van der Waals surface area contributed by atoms with Crippen molar-refractivity contribution in [3.63, 3.8) is 0 Å². The van der Waals surface area contributed by atoms with Crippen LogP contribution in [-0.4, -0.2) is 16.7 Å². The normalized spacial score (nSPS) is 11.2. The molecule has 0 saturated carbocycles. The molecule has 22 heavy (non-hydrogen) atoms. The zero-order valence-electron chi connectivity index (χ0n) is 12.0. The first-order chi connectivity index (χ1) is 10.7. The summed E-state index contributed by atoms with van der Waals surface area (Å²) in [4.78, 5) is 12.2. The average Bonchev–Trinajstić information content (AvgIpc) is 2.87. The summed E-state index contributed by atoms with van der Waals surface area (Å²) >= 11 is 0. The largest absolute Gasteiger partial charge is 0.350 e. The molecule has 0 bridgehead atoms. The Balaban J connectivity index is 1.81. The number of carbonyl (C=O) groups excluding carboxylic acids is 1. The highest BCUT2D eigenvalue weighted by Crippen LogP contribution is 2.19. The lowest BCUT2D eigenvalue weighted by Crippen LogP contribution is -2.17. The lowest BCUT2D eigenvalue weighted by atomic mass is 10.2. The Kier molecular flexibility index (Phi) is 3.70. The molecule has 0 aliphatic rings. The number of halogens is 1. The van der Waals surface area contributed by atoms with Crippen molar-refractivity contribution in [2.75, 3.05) is 0 Å². The molecule has 0 spiro atoms. The highest BCUT2D eigenvalue weighted by atomic mass is 19.1. The lowest BCUT2D eigenvalue weighted by molar-refractivity contribution is 0.0956. The second-order valence-electron chi connectivity index (χ2n) is 4.89. The second-order valence-corrected chi connectivity index (χ2v) is 4.89. The maximum atomic E-state index is 13.4. The van der Waals surface area contributed by atoms with Crippen molar-refractivity contribution in [2.45, 2.75) is 0 Å². The van der Waals surface area contributed by atoms with E-state index >= 15 is 0 Å². The van der Waals surface area contributed by atoms with Gasteiger partial charge in [-0.3, -0.25) is 4.79 Å².